The molecular formula is C71H68N8O2. The Labute approximate surface area is 474 Å². The number of amides is 2. The number of hydrogen-bond donors (Lipinski definition) is 4. The average molecular weight is 1070 g/mol. The highest BCUT2D eigenvalue weighted by Gasteiger charge is 2.20. The highest BCUT2D eigenvalue weighted by atomic mass is 16.2. The van der Waals surface area contributed by atoms with Crippen molar-refractivity contribution in [3.8, 4) is 44.5 Å². The van der Waals surface area contributed by atoms with Crippen molar-refractivity contribution in [1.29, 1.82) is 0 Å². The van der Waals surface area contributed by atoms with E-state index in [0.717, 1.165) is 121 Å². The number of unbranched alkanes of at least 4 members (excludes halogenated alkanes) is 6. The summed E-state index contributed by atoms with van der Waals surface area (Å²) in [6.45, 7) is 6.74. The number of hydrogen-bond acceptors (Lipinski definition) is 6. The molecule has 5 aromatic heterocycles. The molecule has 4 aromatic carbocycles. The summed E-state index contributed by atoms with van der Waals surface area (Å²) in [5.74, 6) is -0.874. The Bertz CT molecular complexity index is 3880. The molecular weight excluding hydrogens is 997 g/mol. The minimum Gasteiger partial charge on any atom is -0.354 e. The summed E-state index contributed by atoms with van der Waals surface area (Å²) in [7, 11) is 0. The van der Waals surface area contributed by atoms with E-state index in [1.54, 1.807) is 42.7 Å². The first-order valence-corrected chi connectivity index (χ1v) is 28.9. The minimum absolute atomic E-state index is 0.110. The lowest BCUT2D eigenvalue weighted by Gasteiger charge is -2.09. The predicted octanol–water partition coefficient (Wildman–Crippen LogP) is 17.8. The summed E-state index contributed by atoms with van der Waals surface area (Å²) < 4.78 is 0. The normalized spacial score (nSPS) is 11.7. The van der Waals surface area contributed by atoms with Crippen molar-refractivity contribution in [2.45, 2.75) is 97.8 Å². The fraction of sp³-hybridized carbons (Fsp3) is 0.211. The molecule has 0 saturated heterocycles. The Morgan fingerprint density at radius 2 is 0.691 bits per heavy atom. The van der Waals surface area contributed by atoms with Crippen LogP contribution in [0.2, 0.25) is 0 Å². The van der Waals surface area contributed by atoms with Crippen molar-refractivity contribution in [3.63, 3.8) is 0 Å². The van der Waals surface area contributed by atoms with Crippen molar-refractivity contribution in [2.75, 3.05) is 10.6 Å². The van der Waals surface area contributed by atoms with Crippen molar-refractivity contribution < 1.29 is 9.59 Å². The molecule has 11 rings (SSSR count). The number of pyridine rings is 2. The second-order valence-corrected chi connectivity index (χ2v) is 21.1. The number of aryl methyl sites for hydroxylation is 3. The van der Waals surface area contributed by atoms with Crippen LogP contribution in [0.3, 0.4) is 0 Å². The zero-order valence-electron chi connectivity index (χ0n) is 46.5. The third-order valence-electron chi connectivity index (χ3n) is 15.3. The van der Waals surface area contributed by atoms with Crippen LogP contribution in [-0.4, -0.2) is 41.7 Å². The van der Waals surface area contributed by atoms with Crippen molar-refractivity contribution in [2.24, 2.45) is 0 Å². The van der Waals surface area contributed by atoms with Gasteiger partial charge in [-0.2, -0.15) is 0 Å². The van der Waals surface area contributed by atoms with Crippen LogP contribution in [0, 0.1) is 0 Å². The molecule has 9 aromatic rings. The number of nitrogens with zero attached hydrogens (tertiary/aromatic N) is 4. The molecule has 10 heteroatoms. The molecule has 2 aliphatic heterocycles. The number of aromatic amines is 2. The Balaban J connectivity index is 1.07. The maximum absolute atomic E-state index is 13.7. The monoisotopic (exact) mass is 1060 g/mol. The molecule has 0 spiro atoms. The van der Waals surface area contributed by atoms with Gasteiger partial charge in [0.05, 0.1) is 22.8 Å². The zero-order chi connectivity index (χ0) is 55.5. The van der Waals surface area contributed by atoms with Gasteiger partial charge in [0.2, 0.25) is 0 Å². The summed E-state index contributed by atoms with van der Waals surface area (Å²) in [6.07, 6.45) is 25.6. The Morgan fingerprint density at radius 1 is 0.370 bits per heavy atom. The quantitative estimate of drug-likeness (QED) is 0.0560. The van der Waals surface area contributed by atoms with Crippen LogP contribution >= 0.6 is 0 Å². The van der Waals surface area contributed by atoms with Gasteiger partial charge in [-0.05, 0) is 162 Å². The van der Waals surface area contributed by atoms with Gasteiger partial charge in [-0.25, -0.2) is 15.0 Å². The lowest BCUT2D eigenvalue weighted by atomic mass is 10.00. The number of anilines is 2. The van der Waals surface area contributed by atoms with E-state index in [1.165, 1.54) is 61.6 Å². The van der Waals surface area contributed by atoms with Crippen LogP contribution in [0.5, 0.6) is 0 Å². The first-order valence-electron chi connectivity index (χ1n) is 28.9. The molecule has 4 N–H and O–H groups in total. The van der Waals surface area contributed by atoms with Gasteiger partial charge in [-0.15, -0.1) is 0 Å². The number of nitrogens with one attached hydrogen (secondary N) is 4. The van der Waals surface area contributed by atoms with Gasteiger partial charge < -0.3 is 20.6 Å². The largest absolute Gasteiger partial charge is 0.354 e. The zero-order valence-corrected chi connectivity index (χ0v) is 46.5. The summed E-state index contributed by atoms with van der Waals surface area (Å²) in [5.41, 5.74) is 20.4. The SMILES string of the molecule is CCCCCc1ccc(-c2c3nc(c(-c4ccc(CCCCC)cc4)c4ccc([nH]4)c(-c4ccc(NC(=O)c5cccc(C(=O)Nc6ccncc6)n5)cc4)c4nc(c(-c5ccc(CCCCC)cc5)c5ccc2[nH]5)C=C4)C=C3)cc1. The predicted molar refractivity (Wildman–Crippen MR) is 335 cm³/mol. The van der Waals surface area contributed by atoms with Gasteiger partial charge in [-0.3, -0.25) is 14.6 Å². The van der Waals surface area contributed by atoms with Gasteiger partial charge in [0.15, 0.2) is 0 Å². The van der Waals surface area contributed by atoms with E-state index in [2.05, 4.69) is 173 Å². The molecule has 2 aliphatic rings. The average Bonchev–Trinajstić information content (AvgIpc) is 4.49. The summed E-state index contributed by atoms with van der Waals surface area (Å²) in [5, 5.41) is 5.81. The van der Waals surface area contributed by atoms with Crippen LogP contribution < -0.4 is 10.6 Å². The molecule has 10 nitrogen and oxygen atoms in total. The molecule has 0 radical (unpaired) electrons. The van der Waals surface area contributed by atoms with Gasteiger partial charge in [-0.1, -0.05) is 150 Å². The highest BCUT2D eigenvalue weighted by Crippen LogP contribution is 2.39. The Morgan fingerprint density at radius 3 is 1.02 bits per heavy atom. The van der Waals surface area contributed by atoms with Crippen LogP contribution in [0.25, 0.3) is 90.9 Å². The Kier molecular flexibility index (Phi) is 16.7. The topological polar surface area (TPSA) is 141 Å². The molecule has 7 heterocycles. The third kappa shape index (κ3) is 12.5. The van der Waals surface area contributed by atoms with Crippen molar-refractivity contribution >= 4 is 69.6 Å². The van der Waals surface area contributed by atoms with Crippen LogP contribution in [0.1, 0.15) is 139 Å². The summed E-state index contributed by atoms with van der Waals surface area (Å²) >= 11 is 0. The number of aromatic nitrogens is 6. The number of benzene rings is 4. The molecule has 0 aliphatic carbocycles. The molecule has 81 heavy (non-hydrogen) atoms. The lowest BCUT2D eigenvalue weighted by Crippen LogP contribution is -2.18. The molecule has 0 saturated carbocycles. The summed E-state index contributed by atoms with van der Waals surface area (Å²) in [6, 6.07) is 51.8. The first-order chi connectivity index (χ1) is 39.8. The second-order valence-electron chi connectivity index (χ2n) is 21.1. The van der Waals surface area contributed by atoms with Gasteiger partial charge in [0.1, 0.15) is 11.4 Å². The number of carbonyl (C=O) groups is 2. The van der Waals surface area contributed by atoms with Crippen LogP contribution in [-0.2, 0) is 19.3 Å². The van der Waals surface area contributed by atoms with E-state index in [9.17, 15) is 9.59 Å². The smallest absolute Gasteiger partial charge is 0.274 e. The maximum atomic E-state index is 13.7. The van der Waals surface area contributed by atoms with E-state index in [4.69, 9.17) is 9.97 Å². The van der Waals surface area contributed by atoms with E-state index >= 15 is 0 Å². The number of H-pyrrole nitrogens is 2. The van der Waals surface area contributed by atoms with Crippen LogP contribution in [0.4, 0.5) is 11.4 Å². The van der Waals surface area contributed by atoms with Crippen LogP contribution in [0.15, 0.2) is 164 Å². The van der Waals surface area contributed by atoms with E-state index in [0.29, 0.717) is 11.4 Å². The highest BCUT2D eigenvalue weighted by molar-refractivity contribution is 6.07. The van der Waals surface area contributed by atoms with E-state index in [-0.39, 0.29) is 11.4 Å². The molecule has 8 bridgehead atoms. The van der Waals surface area contributed by atoms with Gasteiger partial charge >= 0.3 is 0 Å². The van der Waals surface area contributed by atoms with Crippen molar-refractivity contribution in [1.82, 2.24) is 29.9 Å². The fourth-order valence-electron chi connectivity index (χ4n) is 10.9. The first kappa shape index (κ1) is 53.7. The number of rotatable bonds is 20. The lowest BCUT2D eigenvalue weighted by molar-refractivity contribution is 0.101. The molecule has 0 unspecified atom stereocenters. The van der Waals surface area contributed by atoms with Gasteiger partial charge in [0.25, 0.3) is 11.8 Å². The fourth-order valence-corrected chi connectivity index (χ4v) is 10.9. The molecule has 2 amide bonds. The molecule has 0 atom stereocenters. The molecule has 404 valence electrons. The Hall–Kier alpha value is -9.28. The van der Waals surface area contributed by atoms with Crippen molar-refractivity contribution in [3.05, 3.63) is 215 Å². The standard InChI is InChI=1S/C71H68N8O2/c1-4-7-10-14-47-19-25-50(26-20-47)66-56-35-37-58(75-56)67(51-27-21-48(22-28-51)15-11-8-5-2)60-39-41-62(77-60)69(63-42-40-61(78-63)68(59-38-36-57(66)76-59)52-29-23-49(24-30-52)16-12-9-6-3)53-31-33-54(34-32-53)73-70(80)64-17-13-18-65(79-64)71(81)74-55-43-45-72-46-44-55/h13,17-46,75,78H,4-12,14-16H2,1-3H3,(H,73,80)(H,72,74,81). The third-order valence-corrected chi connectivity index (χ3v) is 15.3. The van der Waals surface area contributed by atoms with E-state index in [1.807, 2.05) is 24.3 Å². The number of fused-ring (bicyclic) bond motifs is 8. The molecule has 0 fully saturated rings. The minimum atomic E-state index is -0.443. The maximum Gasteiger partial charge on any atom is 0.274 e. The summed E-state index contributed by atoms with van der Waals surface area (Å²) in [4.78, 5) is 54.2. The van der Waals surface area contributed by atoms with Gasteiger partial charge in [0, 0.05) is 68.1 Å². The second kappa shape index (κ2) is 25.2. The number of carbonyl (C=O) groups excluding carboxylic acids is 2. The van der Waals surface area contributed by atoms with E-state index < -0.39 is 11.8 Å².